The van der Waals surface area contributed by atoms with E-state index in [1.807, 2.05) is 0 Å². The highest BCUT2D eigenvalue weighted by Gasteiger charge is 2.16. The van der Waals surface area contributed by atoms with Crippen molar-refractivity contribution >= 4 is 5.91 Å². The monoisotopic (exact) mass is 195 g/mol. The number of rotatable bonds is 3. The number of phenols is 1. The quantitative estimate of drug-likeness (QED) is 0.660. The van der Waals surface area contributed by atoms with Gasteiger partial charge in [0.2, 0.25) is 0 Å². The van der Waals surface area contributed by atoms with E-state index in [4.69, 9.17) is 5.11 Å². The molecule has 1 aromatic rings. The van der Waals surface area contributed by atoms with Gasteiger partial charge in [0, 0.05) is 6.54 Å². The van der Waals surface area contributed by atoms with Crippen molar-refractivity contribution in [3.8, 4) is 5.75 Å². The van der Waals surface area contributed by atoms with Crippen LogP contribution >= 0.6 is 0 Å². The summed E-state index contributed by atoms with van der Waals surface area (Å²) >= 11 is 0. The van der Waals surface area contributed by atoms with E-state index in [9.17, 15) is 9.90 Å². The van der Waals surface area contributed by atoms with Crippen LogP contribution in [0.1, 0.15) is 18.6 Å². The molecule has 76 valence electrons. The van der Waals surface area contributed by atoms with E-state index in [0.717, 1.165) is 0 Å². The first-order valence-electron chi connectivity index (χ1n) is 4.40. The highest BCUT2D eigenvalue weighted by molar-refractivity contribution is 5.81. The van der Waals surface area contributed by atoms with Gasteiger partial charge < -0.3 is 15.5 Å². The lowest BCUT2D eigenvalue weighted by Crippen LogP contribution is -2.28. The summed E-state index contributed by atoms with van der Waals surface area (Å²) in [4.78, 5) is 11.2. The van der Waals surface area contributed by atoms with Crippen LogP contribution < -0.4 is 5.32 Å². The number of carbonyl (C=O) groups excluding carboxylic acids is 1. The highest BCUT2D eigenvalue weighted by Crippen LogP contribution is 2.17. The Morgan fingerprint density at radius 2 is 2.29 bits per heavy atom. The standard InChI is InChI=1S/C10H13NO3/c1-2-11-10(14)9(13)7-4-3-5-8(12)6-7/h3-6,9,12-13H,2H2,1H3,(H,11,14). The lowest BCUT2D eigenvalue weighted by molar-refractivity contribution is -0.129. The van der Waals surface area contributed by atoms with Gasteiger partial charge in [-0.3, -0.25) is 4.79 Å². The Labute approximate surface area is 82.2 Å². The first-order chi connectivity index (χ1) is 6.65. The fourth-order valence-corrected chi connectivity index (χ4v) is 1.12. The van der Waals surface area contributed by atoms with Gasteiger partial charge in [0.15, 0.2) is 6.10 Å². The van der Waals surface area contributed by atoms with Crippen LogP contribution in [0.4, 0.5) is 0 Å². The molecular weight excluding hydrogens is 182 g/mol. The van der Waals surface area contributed by atoms with Crippen LogP contribution in [0, 0.1) is 0 Å². The molecule has 0 saturated heterocycles. The van der Waals surface area contributed by atoms with E-state index < -0.39 is 12.0 Å². The van der Waals surface area contributed by atoms with E-state index in [1.54, 1.807) is 19.1 Å². The molecule has 0 aliphatic carbocycles. The second kappa shape index (κ2) is 4.62. The van der Waals surface area contributed by atoms with E-state index in [2.05, 4.69) is 5.32 Å². The Kier molecular flexibility index (Phi) is 3.48. The first-order valence-corrected chi connectivity index (χ1v) is 4.40. The maximum atomic E-state index is 11.2. The minimum Gasteiger partial charge on any atom is -0.508 e. The zero-order valence-corrected chi connectivity index (χ0v) is 7.90. The molecule has 0 aliphatic rings. The maximum Gasteiger partial charge on any atom is 0.253 e. The van der Waals surface area contributed by atoms with Crippen LogP contribution in [-0.2, 0) is 4.79 Å². The highest BCUT2D eigenvalue weighted by atomic mass is 16.3. The molecule has 0 bridgehead atoms. The summed E-state index contributed by atoms with van der Waals surface area (Å²) in [5.41, 5.74) is 0.385. The molecule has 0 radical (unpaired) electrons. The Balaban J connectivity index is 2.78. The molecule has 1 atom stereocenters. The largest absolute Gasteiger partial charge is 0.508 e. The number of amides is 1. The van der Waals surface area contributed by atoms with Crippen molar-refractivity contribution in [2.75, 3.05) is 6.54 Å². The smallest absolute Gasteiger partial charge is 0.253 e. The van der Waals surface area contributed by atoms with Gasteiger partial charge >= 0.3 is 0 Å². The summed E-state index contributed by atoms with van der Waals surface area (Å²) in [6, 6.07) is 6.00. The van der Waals surface area contributed by atoms with Gasteiger partial charge in [-0.25, -0.2) is 0 Å². The summed E-state index contributed by atoms with van der Waals surface area (Å²) in [5, 5.41) is 21.1. The van der Waals surface area contributed by atoms with Crippen molar-refractivity contribution in [2.24, 2.45) is 0 Å². The second-order valence-electron chi connectivity index (χ2n) is 2.89. The molecule has 4 heteroatoms. The SMILES string of the molecule is CCNC(=O)C(O)c1cccc(O)c1. The molecule has 3 N–H and O–H groups in total. The normalized spacial score (nSPS) is 12.1. The van der Waals surface area contributed by atoms with Crippen LogP contribution in [0.15, 0.2) is 24.3 Å². The predicted molar refractivity (Wildman–Crippen MR) is 51.8 cm³/mol. The maximum absolute atomic E-state index is 11.2. The molecule has 1 unspecified atom stereocenters. The van der Waals surface area contributed by atoms with Gasteiger partial charge in [-0.15, -0.1) is 0 Å². The molecule has 0 saturated carbocycles. The van der Waals surface area contributed by atoms with Gasteiger partial charge in [-0.1, -0.05) is 12.1 Å². The van der Waals surface area contributed by atoms with Crippen LogP contribution in [0.3, 0.4) is 0 Å². The van der Waals surface area contributed by atoms with Crippen molar-refractivity contribution < 1.29 is 15.0 Å². The summed E-state index contributed by atoms with van der Waals surface area (Å²) in [7, 11) is 0. The van der Waals surface area contributed by atoms with Crippen molar-refractivity contribution in [3.63, 3.8) is 0 Å². The molecular formula is C10H13NO3. The fraction of sp³-hybridized carbons (Fsp3) is 0.300. The van der Waals surface area contributed by atoms with Gasteiger partial charge in [-0.05, 0) is 24.6 Å². The Morgan fingerprint density at radius 1 is 1.57 bits per heavy atom. The van der Waals surface area contributed by atoms with Crippen molar-refractivity contribution in [1.82, 2.24) is 5.32 Å². The van der Waals surface area contributed by atoms with E-state index in [1.165, 1.54) is 12.1 Å². The summed E-state index contributed by atoms with van der Waals surface area (Å²) in [5.74, 6) is -0.427. The number of nitrogens with one attached hydrogen (secondary N) is 1. The zero-order valence-electron chi connectivity index (χ0n) is 7.90. The zero-order chi connectivity index (χ0) is 10.6. The van der Waals surface area contributed by atoms with Crippen molar-refractivity contribution in [1.29, 1.82) is 0 Å². The summed E-state index contributed by atoms with van der Waals surface area (Å²) < 4.78 is 0. The Morgan fingerprint density at radius 3 is 2.86 bits per heavy atom. The van der Waals surface area contributed by atoms with E-state index >= 15 is 0 Å². The summed E-state index contributed by atoms with van der Waals surface area (Å²) in [6.07, 6.45) is -1.22. The molecule has 4 nitrogen and oxygen atoms in total. The number of benzene rings is 1. The Hall–Kier alpha value is -1.55. The van der Waals surface area contributed by atoms with Crippen LogP contribution in [-0.4, -0.2) is 22.7 Å². The third-order valence-electron chi connectivity index (χ3n) is 1.79. The number of hydrogen-bond donors (Lipinski definition) is 3. The van der Waals surface area contributed by atoms with E-state index in [0.29, 0.717) is 12.1 Å². The minimum absolute atomic E-state index is 0.0332. The molecule has 0 aromatic heterocycles. The molecule has 1 aromatic carbocycles. The number of aliphatic hydroxyl groups is 1. The summed E-state index contributed by atoms with van der Waals surface area (Å²) in [6.45, 7) is 2.24. The predicted octanol–water partition coefficient (Wildman–Crippen LogP) is 0.562. The molecule has 0 fully saturated rings. The number of carbonyl (C=O) groups is 1. The van der Waals surface area contributed by atoms with Gasteiger partial charge in [0.25, 0.3) is 5.91 Å². The number of aromatic hydroxyl groups is 1. The van der Waals surface area contributed by atoms with E-state index in [-0.39, 0.29) is 5.75 Å². The molecule has 1 rings (SSSR count). The molecule has 1 amide bonds. The number of phenolic OH excluding ortho intramolecular Hbond substituents is 1. The molecule has 0 aliphatic heterocycles. The van der Waals surface area contributed by atoms with Crippen LogP contribution in [0.5, 0.6) is 5.75 Å². The minimum atomic E-state index is -1.22. The van der Waals surface area contributed by atoms with Crippen molar-refractivity contribution in [2.45, 2.75) is 13.0 Å². The van der Waals surface area contributed by atoms with Gasteiger partial charge in [0.05, 0.1) is 0 Å². The second-order valence-corrected chi connectivity index (χ2v) is 2.89. The lowest BCUT2D eigenvalue weighted by Gasteiger charge is -2.10. The molecule has 0 heterocycles. The molecule has 0 spiro atoms. The average molecular weight is 195 g/mol. The lowest BCUT2D eigenvalue weighted by atomic mass is 10.1. The average Bonchev–Trinajstić information content (AvgIpc) is 2.17. The number of hydrogen-bond acceptors (Lipinski definition) is 3. The van der Waals surface area contributed by atoms with Gasteiger partial charge in [-0.2, -0.15) is 0 Å². The topological polar surface area (TPSA) is 69.6 Å². The van der Waals surface area contributed by atoms with Crippen LogP contribution in [0.2, 0.25) is 0 Å². The fourth-order valence-electron chi connectivity index (χ4n) is 1.12. The number of aliphatic hydroxyl groups excluding tert-OH is 1. The van der Waals surface area contributed by atoms with Crippen molar-refractivity contribution in [3.05, 3.63) is 29.8 Å². The van der Waals surface area contributed by atoms with Gasteiger partial charge in [0.1, 0.15) is 5.75 Å². The first kappa shape index (κ1) is 10.5. The third kappa shape index (κ3) is 2.47. The third-order valence-corrected chi connectivity index (χ3v) is 1.79. The number of likely N-dealkylation sites (N-methyl/N-ethyl adjacent to an activating group) is 1. The Bertz CT molecular complexity index is 325. The van der Waals surface area contributed by atoms with Crippen LogP contribution in [0.25, 0.3) is 0 Å². The molecule has 14 heavy (non-hydrogen) atoms.